The highest BCUT2D eigenvalue weighted by Crippen LogP contribution is 2.37. The molecule has 2 aromatic carbocycles. The second-order valence-corrected chi connectivity index (χ2v) is 7.75. The number of rotatable bonds is 4. The molecule has 9 heteroatoms. The predicted molar refractivity (Wildman–Crippen MR) is 118 cm³/mol. The van der Waals surface area contributed by atoms with Gasteiger partial charge in [-0.25, -0.2) is 9.48 Å². The Bertz CT molecular complexity index is 1130. The smallest absolute Gasteiger partial charge is 0.320 e. The van der Waals surface area contributed by atoms with Crippen LogP contribution in [0.2, 0.25) is 5.02 Å². The molecule has 4 rings (SSSR count). The lowest BCUT2D eigenvalue weighted by Crippen LogP contribution is -2.35. The molecule has 1 aliphatic heterocycles. The third-order valence-electron chi connectivity index (χ3n) is 4.93. The molecule has 0 bridgehead atoms. The number of aromatic nitrogens is 2. The highest BCUT2D eigenvalue weighted by atomic mass is 35.5. The molecule has 1 aliphatic rings. The number of halogens is 1. The van der Waals surface area contributed by atoms with Crippen molar-refractivity contribution < 1.29 is 14.3 Å². The number of ether oxygens (including phenoxy) is 1. The van der Waals surface area contributed by atoms with E-state index >= 15 is 0 Å². The fourth-order valence-corrected chi connectivity index (χ4v) is 3.66. The molecule has 160 valence electrons. The van der Waals surface area contributed by atoms with Gasteiger partial charge in [0, 0.05) is 43.9 Å². The first-order chi connectivity index (χ1) is 14.9. The molecule has 3 aromatic rings. The number of para-hydroxylation sites is 1. The molecule has 3 amide bonds. The van der Waals surface area contributed by atoms with E-state index < -0.39 is 0 Å². The average molecular weight is 440 g/mol. The van der Waals surface area contributed by atoms with Crippen LogP contribution in [0.5, 0.6) is 5.75 Å². The number of fused-ring (bicyclic) bond motifs is 1. The first-order valence-electron chi connectivity index (χ1n) is 9.79. The Balaban J connectivity index is 1.45. The molecule has 0 radical (unpaired) electrons. The lowest BCUT2D eigenvalue weighted by Gasteiger charge is -2.27. The van der Waals surface area contributed by atoms with Crippen molar-refractivity contribution in [2.45, 2.75) is 12.5 Å². The molecule has 8 nitrogen and oxygen atoms in total. The molecule has 0 fully saturated rings. The van der Waals surface area contributed by atoms with Gasteiger partial charge in [0.2, 0.25) is 0 Å². The van der Waals surface area contributed by atoms with Crippen LogP contribution in [0, 0.1) is 0 Å². The van der Waals surface area contributed by atoms with Crippen LogP contribution in [0.4, 0.5) is 10.6 Å². The van der Waals surface area contributed by atoms with E-state index in [1.807, 2.05) is 18.2 Å². The summed E-state index contributed by atoms with van der Waals surface area (Å²) in [4.78, 5) is 26.2. The maximum Gasteiger partial charge on any atom is 0.320 e. The number of nitrogens with zero attached hydrogens (tertiary/aromatic N) is 3. The van der Waals surface area contributed by atoms with Crippen LogP contribution in [-0.2, 0) is 0 Å². The second kappa shape index (κ2) is 8.69. The molecule has 0 saturated carbocycles. The number of carbonyl (C=O) groups is 2. The highest BCUT2D eigenvalue weighted by Gasteiger charge is 2.25. The van der Waals surface area contributed by atoms with Gasteiger partial charge in [-0.15, -0.1) is 5.10 Å². The number of carbonyl (C=O) groups excluding carboxylic acids is 2. The van der Waals surface area contributed by atoms with Crippen molar-refractivity contribution in [3.05, 3.63) is 70.9 Å². The van der Waals surface area contributed by atoms with Gasteiger partial charge in [0.1, 0.15) is 5.75 Å². The summed E-state index contributed by atoms with van der Waals surface area (Å²) < 4.78 is 7.23. The molecule has 0 aliphatic carbocycles. The van der Waals surface area contributed by atoms with Gasteiger partial charge in [-0.2, -0.15) is 0 Å². The van der Waals surface area contributed by atoms with Gasteiger partial charge in [0.05, 0.1) is 23.4 Å². The van der Waals surface area contributed by atoms with Crippen LogP contribution in [0.1, 0.15) is 28.4 Å². The first-order valence-corrected chi connectivity index (χ1v) is 10.2. The van der Waals surface area contributed by atoms with Crippen LogP contribution >= 0.6 is 11.6 Å². The van der Waals surface area contributed by atoms with Crippen molar-refractivity contribution in [3.8, 4) is 11.4 Å². The molecule has 0 saturated heterocycles. The maximum atomic E-state index is 12.5. The zero-order chi connectivity index (χ0) is 22.0. The van der Waals surface area contributed by atoms with Gasteiger partial charge < -0.3 is 15.0 Å². The van der Waals surface area contributed by atoms with Gasteiger partial charge in [0.25, 0.3) is 5.91 Å². The third kappa shape index (κ3) is 4.49. The second-order valence-electron chi connectivity index (χ2n) is 7.34. The van der Waals surface area contributed by atoms with Crippen molar-refractivity contribution in [2.24, 2.45) is 0 Å². The molecular formula is C22H22ClN5O3. The average Bonchev–Trinajstić information content (AvgIpc) is 3.22. The summed E-state index contributed by atoms with van der Waals surface area (Å²) in [6, 6.07) is 13.7. The number of anilines is 1. The lowest BCUT2D eigenvalue weighted by atomic mass is 10.0. The Morgan fingerprint density at radius 3 is 2.81 bits per heavy atom. The lowest BCUT2D eigenvalue weighted by molar-refractivity contribution is 0.0827. The number of hydrogen-bond acceptors (Lipinski definition) is 4. The van der Waals surface area contributed by atoms with Gasteiger partial charge in [-0.1, -0.05) is 29.8 Å². The SMILES string of the molecule is CN(C)C(=O)c1cccc(-n2ccc(NC(=O)N[C@H]3CCOc4c(Cl)cccc43)n2)c1. The van der Waals surface area contributed by atoms with Crippen molar-refractivity contribution in [3.63, 3.8) is 0 Å². The summed E-state index contributed by atoms with van der Waals surface area (Å²) in [7, 11) is 3.41. The van der Waals surface area contributed by atoms with Gasteiger partial charge in [-0.3, -0.25) is 10.1 Å². The molecule has 2 N–H and O–H groups in total. The van der Waals surface area contributed by atoms with Gasteiger partial charge in [0.15, 0.2) is 5.82 Å². The van der Waals surface area contributed by atoms with Crippen LogP contribution in [-0.4, -0.2) is 47.3 Å². The van der Waals surface area contributed by atoms with Crippen LogP contribution in [0.3, 0.4) is 0 Å². The Morgan fingerprint density at radius 1 is 1.19 bits per heavy atom. The Morgan fingerprint density at radius 2 is 2.00 bits per heavy atom. The minimum absolute atomic E-state index is 0.0939. The monoisotopic (exact) mass is 439 g/mol. The third-order valence-corrected chi connectivity index (χ3v) is 5.22. The summed E-state index contributed by atoms with van der Waals surface area (Å²) >= 11 is 6.19. The molecule has 1 aromatic heterocycles. The van der Waals surface area contributed by atoms with E-state index in [0.717, 1.165) is 5.56 Å². The summed E-state index contributed by atoms with van der Waals surface area (Å²) in [5.74, 6) is 0.904. The highest BCUT2D eigenvalue weighted by molar-refractivity contribution is 6.32. The minimum atomic E-state index is -0.375. The van der Waals surface area contributed by atoms with Gasteiger partial charge >= 0.3 is 6.03 Å². The standard InChI is InChI=1S/C22H22ClN5O3/c1-27(2)21(29)14-5-3-6-15(13-14)28-11-9-19(26-28)25-22(30)24-18-10-12-31-20-16(18)7-4-8-17(20)23/h3-9,11,13,18H,10,12H2,1-2H3,(H2,24,25,26,30)/t18-/m0/s1. The van der Waals surface area contributed by atoms with Crippen molar-refractivity contribution in [2.75, 3.05) is 26.0 Å². The van der Waals surface area contributed by atoms with Crippen molar-refractivity contribution in [1.29, 1.82) is 0 Å². The van der Waals surface area contributed by atoms with Crippen LogP contribution in [0.25, 0.3) is 5.69 Å². The number of hydrogen-bond donors (Lipinski definition) is 2. The molecule has 1 atom stereocenters. The van der Waals surface area contributed by atoms with Crippen molar-refractivity contribution in [1.82, 2.24) is 20.0 Å². The molecule has 0 unspecified atom stereocenters. The Hall–Kier alpha value is -3.52. The molecule has 31 heavy (non-hydrogen) atoms. The van der Waals surface area contributed by atoms with E-state index in [0.29, 0.717) is 40.9 Å². The van der Waals surface area contributed by atoms with E-state index in [-0.39, 0.29) is 18.0 Å². The summed E-state index contributed by atoms with van der Waals surface area (Å²) in [5.41, 5.74) is 2.12. The summed E-state index contributed by atoms with van der Waals surface area (Å²) in [6.45, 7) is 0.471. The zero-order valence-electron chi connectivity index (χ0n) is 17.1. The maximum absolute atomic E-state index is 12.5. The van der Waals surface area contributed by atoms with E-state index in [1.54, 1.807) is 55.3 Å². The number of benzene rings is 2. The Kier molecular flexibility index (Phi) is 5.81. The summed E-state index contributed by atoms with van der Waals surface area (Å²) in [5, 5.41) is 10.6. The predicted octanol–water partition coefficient (Wildman–Crippen LogP) is 3.87. The van der Waals surface area contributed by atoms with E-state index in [9.17, 15) is 9.59 Å². The van der Waals surface area contributed by atoms with E-state index in [4.69, 9.17) is 16.3 Å². The van der Waals surface area contributed by atoms with E-state index in [1.165, 1.54) is 4.90 Å². The van der Waals surface area contributed by atoms with Crippen LogP contribution in [0.15, 0.2) is 54.7 Å². The topological polar surface area (TPSA) is 88.5 Å². The Labute approximate surface area is 184 Å². The van der Waals surface area contributed by atoms with Gasteiger partial charge in [-0.05, 0) is 24.3 Å². The van der Waals surface area contributed by atoms with Crippen LogP contribution < -0.4 is 15.4 Å². The normalized spacial score (nSPS) is 14.9. The van der Waals surface area contributed by atoms with E-state index in [2.05, 4.69) is 15.7 Å². The number of amides is 3. The quantitative estimate of drug-likeness (QED) is 0.645. The molecule has 0 spiro atoms. The zero-order valence-corrected chi connectivity index (χ0v) is 17.9. The molecular weight excluding hydrogens is 418 g/mol. The number of urea groups is 1. The minimum Gasteiger partial charge on any atom is -0.492 e. The van der Waals surface area contributed by atoms with Crippen molar-refractivity contribution >= 4 is 29.4 Å². The fraction of sp³-hybridized carbons (Fsp3) is 0.227. The number of nitrogens with one attached hydrogen (secondary N) is 2. The first kappa shape index (κ1) is 20.7. The summed E-state index contributed by atoms with van der Waals surface area (Å²) in [6.07, 6.45) is 2.36. The fourth-order valence-electron chi connectivity index (χ4n) is 3.42. The largest absolute Gasteiger partial charge is 0.492 e. The molecule has 2 heterocycles.